The van der Waals surface area contributed by atoms with Gasteiger partial charge in [-0.1, -0.05) is 61.3 Å². The van der Waals surface area contributed by atoms with Crippen LogP contribution in [0.1, 0.15) is 36.1 Å². The summed E-state index contributed by atoms with van der Waals surface area (Å²) in [6.07, 6.45) is 1.08. The predicted molar refractivity (Wildman–Crippen MR) is 75.9 cm³/mol. The molecule has 0 aliphatic rings. The molecule has 2 aromatic carbocycles. The maximum absolute atomic E-state index is 13.8. The number of hydrogen-bond acceptors (Lipinski definition) is 1. The minimum absolute atomic E-state index is 0.0270. The fourth-order valence-corrected chi connectivity index (χ4v) is 2.25. The van der Waals surface area contributed by atoms with Crippen LogP contribution in [0.15, 0.2) is 42.5 Å². The van der Waals surface area contributed by atoms with Gasteiger partial charge in [-0.2, -0.15) is 0 Å². The Morgan fingerprint density at radius 1 is 1.16 bits per heavy atom. The smallest absolute Gasteiger partial charge is 0.147 e. The van der Waals surface area contributed by atoms with Crippen LogP contribution in [0.2, 0.25) is 5.02 Å². The van der Waals surface area contributed by atoms with Crippen molar-refractivity contribution < 1.29 is 9.50 Å². The summed E-state index contributed by atoms with van der Waals surface area (Å²) in [5, 5.41) is 10.2. The zero-order chi connectivity index (χ0) is 13.8. The molecule has 3 heteroatoms. The van der Waals surface area contributed by atoms with E-state index in [1.54, 1.807) is 12.1 Å². The van der Waals surface area contributed by atoms with Crippen LogP contribution in [0.4, 0.5) is 4.39 Å². The van der Waals surface area contributed by atoms with E-state index < -0.39 is 11.9 Å². The first-order valence-electron chi connectivity index (χ1n) is 6.34. The van der Waals surface area contributed by atoms with Crippen molar-refractivity contribution in [1.82, 2.24) is 0 Å². The normalized spacial score (nSPS) is 12.4. The number of aliphatic hydroxyl groups excluding tert-OH is 1. The van der Waals surface area contributed by atoms with Crippen LogP contribution in [0.25, 0.3) is 0 Å². The third kappa shape index (κ3) is 3.14. The van der Waals surface area contributed by atoms with Crippen LogP contribution < -0.4 is 0 Å². The van der Waals surface area contributed by atoms with E-state index in [2.05, 4.69) is 6.92 Å². The number of benzene rings is 2. The highest BCUT2D eigenvalue weighted by molar-refractivity contribution is 6.30. The van der Waals surface area contributed by atoms with Gasteiger partial charge in [0.2, 0.25) is 0 Å². The van der Waals surface area contributed by atoms with E-state index in [4.69, 9.17) is 11.6 Å². The summed E-state index contributed by atoms with van der Waals surface area (Å²) in [6, 6.07) is 12.2. The third-order valence-electron chi connectivity index (χ3n) is 3.11. The second kappa shape index (κ2) is 6.18. The molecule has 19 heavy (non-hydrogen) atoms. The van der Waals surface area contributed by atoms with Crippen molar-refractivity contribution in [1.29, 1.82) is 0 Å². The summed E-state index contributed by atoms with van der Waals surface area (Å²) in [5.41, 5.74) is 2.08. The van der Waals surface area contributed by atoms with E-state index in [1.165, 1.54) is 11.6 Å². The van der Waals surface area contributed by atoms with Gasteiger partial charge in [-0.15, -0.1) is 0 Å². The Morgan fingerprint density at radius 2 is 1.84 bits per heavy atom. The monoisotopic (exact) mass is 278 g/mol. The molecule has 0 spiro atoms. The molecular weight excluding hydrogens is 263 g/mol. The molecule has 0 radical (unpaired) electrons. The van der Waals surface area contributed by atoms with Crippen LogP contribution in [0.3, 0.4) is 0 Å². The molecule has 0 fully saturated rings. The quantitative estimate of drug-likeness (QED) is 0.872. The van der Waals surface area contributed by atoms with Crippen LogP contribution in [0, 0.1) is 5.82 Å². The topological polar surface area (TPSA) is 20.2 Å². The van der Waals surface area contributed by atoms with E-state index >= 15 is 0 Å². The first kappa shape index (κ1) is 14.0. The lowest BCUT2D eigenvalue weighted by Crippen LogP contribution is -2.03. The largest absolute Gasteiger partial charge is 0.384 e. The molecule has 0 amide bonds. The Kier molecular flexibility index (Phi) is 4.56. The van der Waals surface area contributed by atoms with Gasteiger partial charge in [0.25, 0.3) is 0 Å². The minimum Gasteiger partial charge on any atom is -0.384 e. The van der Waals surface area contributed by atoms with Gasteiger partial charge >= 0.3 is 0 Å². The van der Waals surface area contributed by atoms with Gasteiger partial charge < -0.3 is 5.11 Å². The van der Waals surface area contributed by atoms with E-state index in [1.807, 2.05) is 24.3 Å². The molecule has 1 atom stereocenters. The zero-order valence-electron chi connectivity index (χ0n) is 10.7. The molecule has 0 heterocycles. The highest BCUT2D eigenvalue weighted by Gasteiger charge is 2.16. The first-order valence-corrected chi connectivity index (χ1v) is 6.72. The molecule has 0 aliphatic heterocycles. The molecule has 0 aromatic heterocycles. The number of hydrogen-bond donors (Lipinski definition) is 1. The lowest BCUT2D eigenvalue weighted by atomic mass is 9.99. The fraction of sp³-hybridized carbons (Fsp3) is 0.250. The molecule has 0 saturated heterocycles. The average molecular weight is 279 g/mol. The van der Waals surface area contributed by atoms with Crippen LogP contribution >= 0.6 is 11.6 Å². The summed E-state index contributed by atoms with van der Waals surface area (Å²) < 4.78 is 13.8. The van der Waals surface area contributed by atoms with Gasteiger partial charge in [0.1, 0.15) is 11.9 Å². The van der Waals surface area contributed by atoms with Gasteiger partial charge in [-0.25, -0.2) is 4.39 Å². The van der Waals surface area contributed by atoms with Crippen molar-refractivity contribution in [3.63, 3.8) is 0 Å². The van der Waals surface area contributed by atoms with E-state index in [0.29, 0.717) is 5.56 Å². The Morgan fingerprint density at radius 3 is 2.47 bits per heavy atom. The Hall–Kier alpha value is -1.38. The molecule has 0 bridgehead atoms. The highest BCUT2D eigenvalue weighted by Crippen LogP contribution is 2.28. The standard InChI is InChI=1S/C16H16ClFO/c1-2-4-11-7-9-12(10-8-11)16(19)13-5-3-6-14(17)15(13)18/h3,5-10,16,19H,2,4H2,1H3. The van der Waals surface area contributed by atoms with Gasteiger partial charge in [-0.05, 0) is 23.6 Å². The van der Waals surface area contributed by atoms with E-state index in [0.717, 1.165) is 12.8 Å². The SMILES string of the molecule is CCCc1ccc(C(O)c2cccc(Cl)c2F)cc1. The first-order chi connectivity index (χ1) is 9.13. The van der Waals surface area contributed by atoms with Gasteiger partial charge in [0.05, 0.1) is 5.02 Å². The summed E-state index contributed by atoms with van der Waals surface area (Å²) in [5.74, 6) is -0.561. The maximum atomic E-state index is 13.8. The number of aliphatic hydroxyl groups is 1. The van der Waals surface area contributed by atoms with Crippen molar-refractivity contribution >= 4 is 11.6 Å². The van der Waals surface area contributed by atoms with E-state index in [-0.39, 0.29) is 10.6 Å². The highest BCUT2D eigenvalue weighted by atomic mass is 35.5. The van der Waals surface area contributed by atoms with Crippen molar-refractivity contribution in [2.75, 3.05) is 0 Å². The Balaban J connectivity index is 2.28. The molecule has 1 unspecified atom stereocenters. The lowest BCUT2D eigenvalue weighted by Gasteiger charge is -2.13. The third-order valence-corrected chi connectivity index (χ3v) is 3.40. The second-order valence-corrected chi connectivity index (χ2v) is 4.94. The van der Waals surface area contributed by atoms with Crippen LogP contribution in [-0.4, -0.2) is 5.11 Å². The molecule has 2 aromatic rings. The molecule has 0 saturated carbocycles. The molecule has 1 nitrogen and oxygen atoms in total. The minimum atomic E-state index is -0.991. The van der Waals surface area contributed by atoms with Crippen molar-refractivity contribution in [3.8, 4) is 0 Å². The van der Waals surface area contributed by atoms with Gasteiger partial charge in [0, 0.05) is 5.56 Å². The van der Waals surface area contributed by atoms with Crippen LogP contribution in [0.5, 0.6) is 0 Å². The molecule has 1 N–H and O–H groups in total. The lowest BCUT2D eigenvalue weighted by molar-refractivity contribution is 0.215. The molecule has 0 aliphatic carbocycles. The summed E-state index contributed by atoms with van der Waals surface area (Å²) in [6.45, 7) is 2.12. The fourth-order valence-electron chi connectivity index (χ4n) is 2.07. The number of halogens is 2. The van der Waals surface area contributed by atoms with Gasteiger partial charge in [0.15, 0.2) is 0 Å². The van der Waals surface area contributed by atoms with Crippen molar-refractivity contribution in [2.24, 2.45) is 0 Å². The summed E-state index contributed by atoms with van der Waals surface area (Å²) in [4.78, 5) is 0. The van der Waals surface area contributed by atoms with Crippen molar-refractivity contribution in [3.05, 3.63) is 70.0 Å². The number of aryl methyl sites for hydroxylation is 1. The zero-order valence-corrected chi connectivity index (χ0v) is 11.5. The Labute approximate surface area is 117 Å². The summed E-state index contributed by atoms with van der Waals surface area (Å²) >= 11 is 5.73. The average Bonchev–Trinajstić information content (AvgIpc) is 2.42. The second-order valence-electron chi connectivity index (χ2n) is 4.54. The predicted octanol–water partition coefficient (Wildman–Crippen LogP) is 4.51. The molecular formula is C16H16ClFO. The number of rotatable bonds is 4. The Bertz CT molecular complexity index is 551. The van der Waals surface area contributed by atoms with Crippen molar-refractivity contribution in [2.45, 2.75) is 25.9 Å². The summed E-state index contributed by atoms with van der Waals surface area (Å²) in [7, 11) is 0. The molecule has 2 rings (SSSR count). The van der Waals surface area contributed by atoms with Gasteiger partial charge in [-0.3, -0.25) is 0 Å². The molecule has 100 valence electrons. The maximum Gasteiger partial charge on any atom is 0.147 e. The van der Waals surface area contributed by atoms with Crippen LogP contribution in [-0.2, 0) is 6.42 Å². The van der Waals surface area contributed by atoms with E-state index in [9.17, 15) is 9.50 Å².